The lowest BCUT2D eigenvalue weighted by molar-refractivity contribution is 0.0992. The highest BCUT2D eigenvalue weighted by molar-refractivity contribution is 6.05. The maximum Gasteiger partial charge on any atom is 0.259 e. The summed E-state index contributed by atoms with van der Waals surface area (Å²) in [4.78, 5) is 18.0. The van der Waals surface area contributed by atoms with Gasteiger partial charge >= 0.3 is 0 Å². The molecule has 1 aromatic heterocycles. The van der Waals surface area contributed by atoms with Crippen molar-refractivity contribution in [2.45, 2.75) is 0 Å². The molecule has 5 heteroatoms. The van der Waals surface area contributed by atoms with E-state index in [2.05, 4.69) is 10.3 Å². The molecule has 0 unspecified atom stereocenters. The molecule has 5 nitrogen and oxygen atoms in total. The highest BCUT2D eigenvalue weighted by Gasteiger charge is 2.13. The van der Waals surface area contributed by atoms with Crippen molar-refractivity contribution in [3.63, 3.8) is 0 Å². The predicted molar refractivity (Wildman–Crippen MR) is 99.7 cm³/mol. The van der Waals surface area contributed by atoms with Crippen molar-refractivity contribution >= 4 is 23.0 Å². The summed E-state index contributed by atoms with van der Waals surface area (Å²) in [7, 11) is 3.39. The van der Waals surface area contributed by atoms with Crippen molar-refractivity contribution in [1.29, 1.82) is 0 Å². The standard InChI is InChI=1S/C20H19N3O2/c1-23(20(24)15-4-3-13-21-14-15)18-9-5-16(6-10-18)22-17-7-11-19(25-2)12-8-17/h3-14,22H,1-2H3. The maximum atomic E-state index is 12.4. The summed E-state index contributed by atoms with van der Waals surface area (Å²) in [6.07, 6.45) is 3.22. The summed E-state index contributed by atoms with van der Waals surface area (Å²) in [5, 5.41) is 3.31. The maximum absolute atomic E-state index is 12.4. The van der Waals surface area contributed by atoms with Crippen LogP contribution in [0.2, 0.25) is 0 Å². The number of hydrogen-bond acceptors (Lipinski definition) is 4. The van der Waals surface area contributed by atoms with Gasteiger partial charge in [-0.2, -0.15) is 0 Å². The minimum atomic E-state index is -0.0936. The van der Waals surface area contributed by atoms with E-state index in [0.29, 0.717) is 5.56 Å². The van der Waals surface area contributed by atoms with E-state index in [0.717, 1.165) is 22.8 Å². The molecule has 0 spiro atoms. The summed E-state index contributed by atoms with van der Waals surface area (Å²) in [5.74, 6) is 0.723. The van der Waals surface area contributed by atoms with Gasteiger partial charge in [0.1, 0.15) is 5.75 Å². The predicted octanol–water partition coefficient (Wildman–Crippen LogP) is 4.11. The van der Waals surface area contributed by atoms with E-state index in [9.17, 15) is 4.79 Å². The third-order valence-electron chi connectivity index (χ3n) is 3.85. The number of benzene rings is 2. The smallest absolute Gasteiger partial charge is 0.259 e. The second kappa shape index (κ2) is 7.49. The third-order valence-corrected chi connectivity index (χ3v) is 3.85. The normalized spacial score (nSPS) is 10.2. The van der Waals surface area contributed by atoms with Crippen LogP contribution in [0.15, 0.2) is 73.1 Å². The molecular formula is C20H19N3O2. The lowest BCUT2D eigenvalue weighted by atomic mass is 10.2. The number of hydrogen-bond donors (Lipinski definition) is 1. The Morgan fingerprint density at radius 3 is 2.20 bits per heavy atom. The molecule has 0 saturated heterocycles. The first-order valence-electron chi connectivity index (χ1n) is 7.86. The Bertz CT molecular complexity index is 831. The molecule has 2 aromatic carbocycles. The molecule has 1 heterocycles. The molecule has 126 valence electrons. The molecule has 0 aliphatic rings. The fourth-order valence-corrected chi connectivity index (χ4v) is 2.41. The number of aromatic nitrogens is 1. The highest BCUT2D eigenvalue weighted by atomic mass is 16.5. The SMILES string of the molecule is COc1ccc(Nc2ccc(N(C)C(=O)c3cccnc3)cc2)cc1. The van der Waals surface area contributed by atoms with E-state index in [1.54, 1.807) is 43.6 Å². The quantitative estimate of drug-likeness (QED) is 0.763. The molecule has 0 radical (unpaired) electrons. The van der Waals surface area contributed by atoms with Crippen molar-refractivity contribution in [2.75, 3.05) is 24.4 Å². The van der Waals surface area contributed by atoms with Gasteiger partial charge in [0.15, 0.2) is 0 Å². The Hall–Kier alpha value is -3.34. The average molecular weight is 333 g/mol. The summed E-state index contributed by atoms with van der Waals surface area (Å²) in [6.45, 7) is 0. The minimum absolute atomic E-state index is 0.0936. The van der Waals surface area contributed by atoms with Crippen LogP contribution in [-0.4, -0.2) is 25.0 Å². The van der Waals surface area contributed by atoms with Gasteiger partial charge in [-0.25, -0.2) is 0 Å². The van der Waals surface area contributed by atoms with Crippen LogP contribution in [0.4, 0.5) is 17.1 Å². The number of nitrogens with one attached hydrogen (secondary N) is 1. The highest BCUT2D eigenvalue weighted by Crippen LogP contribution is 2.23. The van der Waals surface area contributed by atoms with Crippen molar-refractivity contribution in [2.24, 2.45) is 0 Å². The van der Waals surface area contributed by atoms with Crippen LogP contribution in [-0.2, 0) is 0 Å². The third kappa shape index (κ3) is 3.95. The Morgan fingerprint density at radius 1 is 1.00 bits per heavy atom. The summed E-state index contributed by atoms with van der Waals surface area (Å²) in [5.41, 5.74) is 3.28. The van der Waals surface area contributed by atoms with Gasteiger partial charge in [0.05, 0.1) is 12.7 Å². The summed E-state index contributed by atoms with van der Waals surface area (Å²) in [6, 6.07) is 18.9. The zero-order valence-corrected chi connectivity index (χ0v) is 14.1. The molecule has 25 heavy (non-hydrogen) atoms. The van der Waals surface area contributed by atoms with Crippen LogP contribution in [0, 0.1) is 0 Å². The van der Waals surface area contributed by atoms with E-state index < -0.39 is 0 Å². The van der Waals surface area contributed by atoms with Crippen molar-refractivity contribution < 1.29 is 9.53 Å². The second-order valence-corrected chi connectivity index (χ2v) is 5.51. The number of ether oxygens (including phenoxy) is 1. The minimum Gasteiger partial charge on any atom is -0.497 e. The van der Waals surface area contributed by atoms with Crippen LogP contribution in [0.1, 0.15) is 10.4 Å². The van der Waals surface area contributed by atoms with Gasteiger partial charge in [-0.3, -0.25) is 9.78 Å². The number of rotatable bonds is 5. The van der Waals surface area contributed by atoms with Gasteiger partial charge in [-0.15, -0.1) is 0 Å². The first-order chi connectivity index (χ1) is 12.2. The number of amides is 1. The molecule has 0 bridgehead atoms. The molecule has 0 saturated carbocycles. The number of carbonyl (C=O) groups excluding carboxylic acids is 1. The molecule has 1 N–H and O–H groups in total. The number of anilines is 3. The Morgan fingerprint density at radius 2 is 1.64 bits per heavy atom. The van der Waals surface area contributed by atoms with Gasteiger partial charge < -0.3 is 15.0 Å². The molecule has 0 aliphatic heterocycles. The fraction of sp³-hybridized carbons (Fsp3) is 0.100. The summed E-state index contributed by atoms with van der Waals surface area (Å²) >= 11 is 0. The molecule has 0 atom stereocenters. The van der Waals surface area contributed by atoms with Gasteiger partial charge in [-0.1, -0.05) is 0 Å². The zero-order chi connectivity index (χ0) is 17.6. The van der Waals surface area contributed by atoms with E-state index in [1.165, 1.54) is 0 Å². The van der Waals surface area contributed by atoms with Crippen LogP contribution < -0.4 is 15.0 Å². The number of nitrogens with zero attached hydrogens (tertiary/aromatic N) is 2. The largest absolute Gasteiger partial charge is 0.497 e. The molecule has 0 fully saturated rings. The summed E-state index contributed by atoms with van der Waals surface area (Å²) < 4.78 is 5.15. The molecule has 1 amide bonds. The van der Waals surface area contributed by atoms with E-state index in [4.69, 9.17) is 4.74 Å². The van der Waals surface area contributed by atoms with Crippen LogP contribution >= 0.6 is 0 Å². The van der Waals surface area contributed by atoms with Crippen LogP contribution in [0.3, 0.4) is 0 Å². The van der Waals surface area contributed by atoms with Crippen LogP contribution in [0.5, 0.6) is 5.75 Å². The lowest BCUT2D eigenvalue weighted by Gasteiger charge is -2.18. The van der Waals surface area contributed by atoms with Crippen LogP contribution in [0.25, 0.3) is 0 Å². The molecular weight excluding hydrogens is 314 g/mol. The Balaban J connectivity index is 1.69. The lowest BCUT2D eigenvalue weighted by Crippen LogP contribution is -2.26. The molecule has 0 aliphatic carbocycles. The van der Waals surface area contributed by atoms with E-state index >= 15 is 0 Å². The van der Waals surface area contributed by atoms with E-state index in [-0.39, 0.29) is 5.91 Å². The van der Waals surface area contributed by atoms with Gasteiger partial charge in [0.2, 0.25) is 0 Å². The van der Waals surface area contributed by atoms with Gasteiger partial charge in [0, 0.05) is 36.5 Å². The Labute approximate surface area is 146 Å². The second-order valence-electron chi connectivity index (χ2n) is 5.51. The van der Waals surface area contributed by atoms with Crippen molar-refractivity contribution in [1.82, 2.24) is 4.98 Å². The van der Waals surface area contributed by atoms with Gasteiger partial charge in [0.25, 0.3) is 5.91 Å². The number of pyridine rings is 1. The molecule has 3 rings (SSSR count). The number of carbonyl (C=O) groups is 1. The van der Waals surface area contributed by atoms with Crippen molar-refractivity contribution in [3.8, 4) is 5.75 Å². The molecule has 3 aromatic rings. The van der Waals surface area contributed by atoms with Gasteiger partial charge in [-0.05, 0) is 60.7 Å². The monoisotopic (exact) mass is 333 g/mol. The first kappa shape index (κ1) is 16.5. The average Bonchev–Trinajstić information content (AvgIpc) is 2.69. The first-order valence-corrected chi connectivity index (χ1v) is 7.86. The fourth-order valence-electron chi connectivity index (χ4n) is 2.41. The zero-order valence-electron chi connectivity index (χ0n) is 14.1. The number of methoxy groups -OCH3 is 1. The topological polar surface area (TPSA) is 54.5 Å². The Kier molecular flexibility index (Phi) is 4.95. The van der Waals surface area contributed by atoms with E-state index in [1.807, 2.05) is 48.5 Å². The van der Waals surface area contributed by atoms with Crippen molar-refractivity contribution in [3.05, 3.63) is 78.6 Å².